The minimum Gasteiger partial charge on any atom is -0.497 e. The lowest BCUT2D eigenvalue weighted by molar-refractivity contribution is 0.0779. The van der Waals surface area contributed by atoms with Crippen molar-refractivity contribution >= 4 is 11.6 Å². The zero-order valence-electron chi connectivity index (χ0n) is 17.3. The Hall–Kier alpha value is -3.32. The van der Waals surface area contributed by atoms with Gasteiger partial charge in [0.15, 0.2) is 5.69 Å². The van der Waals surface area contributed by atoms with Crippen LogP contribution in [0, 0.1) is 0 Å². The number of amides is 1. The van der Waals surface area contributed by atoms with Crippen LogP contribution in [-0.4, -0.2) is 61.0 Å². The Balaban J connectivity index is 1.39. The first kappa shape index (κ1) is 20.0. The standard InChI is InChI=1S/C23H26N4O3/c1-25(17-18-3-5-19(6-4-18)26-13-15-30-16-14-26)23(28)22-11-12-27(24-22)20-7-9-21(29-2)10-8-20/h3-12H,13-17H2,1-2H3. The van der Waals surface area contributed by atoms with Crippen LogP contribution < -0.4 is 9.64 Å². The van der Waals surface area contributed by atoms with Gasteiger partial charge in [0, 0.05) is 38.6 Å². The Labute approximate surface area is 176 Å². The maximum Gasteiger partial charge on any atom is 0.274 e. The van der Waals surface area contributed by atoms with E-state index in [2.05, 4.69) is 34.3 Å². The van der Waals surface area contributed by atoms with Gasteiger partial charge in [0.05, 0.1) is 26.0 Å². The molecule has 2 heterocycles. The number of anilines is 1. The summed E-state index contributed by atoms with van der Waals surface area (Å²) in [5, 5.41) is 4.44. The number of aromatic nitrogens is 2. The van der Waals surface area contributed by atoms with Crippen LogP contribution in [-0.2, 0) is 11.3 Å². The number of carbonyl (C=O) groups excluding carboxylic acids is 1. The van der Waals surface area contributed by atoms with E-state index in [0.717, 1.165) is 43.3 Å². The van der Waals surface area contributed by atoms with Crippen molar-refractivity contribution in [2.75, 3.05) is 45.4 Å². The van der Waals surface area contributed by atoms with Crippen LogP contribution in [0.1, 0.15) is 16.1 Å². The van der Waals surface area contributed by atoms with Gasteiger partial charge in [-0.05, 0) is 48.0 Å². The molecule has 30 heavy (non-hydrogen) atoms. The Kier molecular flexibility index (Phi) is 5.99. The number of hydrogen-bond donors (Lipinski definition) is 0. The van der Waals surface area contributed by atoms with Crippen LogP contribution in [0.3, 0.4) is 0 Å². The quantitative estimate of drug-likeness (QED) is 0.630. The summed E-state index contributed by atoms with van der Waals surface area (Å²) in [6.45, 7) is 3.88. The number of nitrogens with zero attached hydrogens (tertiary/aromatic N) is 4. The van der Waals surface area contributed by atoms with E-state index in [1.807, 2.05) is 24.3 Å². The van der Waals surface area contributed by atoms with Crippen LogP contribution in [0.4, 0.5) is 5.69 Å². The third-order valence-corrected chi connectivity index (χ3v) is 5.22. The molecule has 1 aliphatic rings. The van der Waals surface area contributed by atoms with Gasteiger partial charge in [-0.25, -0.2) is 4.68 Å². The molecular weight excluding hydrogens is 380 g/mol. The topological polar surface area (TPSA) is 59.8 Å². The second-order valence-corrected chi connectivity index (χ2v) is 7.27. The molecule has 1 fully saturated rings. The van der Waals surface area contributed by atoms with E-state index in [1.165, 1.54) is 5.69 Å². The van der Waals surface area contributed by atoms with Crippen molar-refractivity contribution in [1.82, 2.24) is 14.7 Å². The van der Waals surface area contributed by atoms with Crippen molar-refractivity contribution in [2.24, 2.45) is 0 Å². The van der Waals surface area contributed by atoms with Crippen LogP contribution in [0.5, 0.6) is 5.75 Å². The highest BCUT2D eigenvalue weighted by Gasteiger charge is 2.16. The Morgan fingerprint density at radius 3 is 2.37 bits per heavy atom. The average molecular weight is 406 g/mol. The Bertz CT molecular complexity index is 976. The first-order valence-electron chi connectivity index (χ1n) is 10.0. The molecule has 1 saturated heterocycles. The van der Waals surface area contributed by atoms with Gasteiger partial charge in [0.1, 0.15) is 5.75 Å². The number of methoxy groups -OCH3 is 1. The molecule has 1 aromatic heterocycles. The van der Waals surface area contributed by atoms with E-state index in [4.69, 9.17) is 9.47 Å². The second-order valence-electron chi connectivity index (χ2n) is 7.27. The van der Waals surface area contributed by atoms with Crippen molar-refractivity contribution in [3.63, 3.8) is 0 Å². The highest BCUT2D eigenvalue weighted by Crippen LogP contribution is 2.18. The van der Waals surface area contributed by atoms with E-state index in [1.54, 1.807) is 36.0 Å². The van der Waals surface area contributed by atoms with Gasteiger partial charge < -0.3 is 19.3 Å². The molecule has 0 spiro atoms. The largest absolute Gasteiger partial charge is 0.497 e. The van der Waals surface area contributed by atoms with Gasteiger partial charge in [0.2, 0.25) is 0 Å². The second kappa shape index (κ2) is 9.00. The zero-order valence-corrected chi connectivity index (χ0v) is 17.3. The van der Waals surface area contributed by atoms with Gasteiger partial charge in [-0.3, -0.25) is 4.79 Å². The first-order chi connectivity index (χ1) is 14.6. The summed E-state index contributed by atoms with van der Waals surface area (Å²) in [5.41, 5.74) is 3.56. The monoisotopic (exact) mass is 406 g/mol. The fourth-order valence-corrected chi connectivity index (χ4v) is 3.49. The normalized spacial score (nSPS) is 13.9. The summed E-state index contributed by atoms with van der Waals surface area (Å²) in [5.74, 6) is 0.668. The molecule has 0 saturated carbocycles. The number of carbonyl (C=O) groups is 1. The number of benzene rings is 2. The molecule has 1 aliphatic heterocycles. The lowest BCUT2D eigenvalue weighted by atomic mass is 10.1. The van der Waals surface area contributed by atoms with Crippen LogP contribution in [0.2, 0.25) is 0 Å². The van der Waals surface area contributed by atoms with Gasteiger partial charge in [-0.1, -0.05) is 12.1 Å². The van der Waals surface area contributed by atoms with Crippen molar-refractivity contribution < 1.29 is 14.3 Å². The highest BCUT2D eigenvalue weighted by atomic mass is 16.5. The molecule has 1 amide bonds. The predicted molar refractivity (Wildman–Crippen MR) is 115 cm³/mol. The molecule has 0 atom stereocenters. The molecule has 4 rings (SSSR count). The molecule has 0 radical (unpaired) electrons. The summed E-state index contributed by atoms with van der Waals surface area (Å²) < 4.78 is 12.3. The Morgan fingerprint density at radius 1 is 1.03 bits per heavy atom. The summed E-state index contributed by atoms with van der Waals surface area (Å²) >= 11 is 0. The molecule has 7 heteroatoms. The van der Waals surface area contributed by atoms with Crippen LogP contribution >= 0.6 is 0 Å². The van der Waals surface area contributed by atoms with E-state index in [9.17, 15) is 4.79 Å². The molecule has 0 N–H and O–H groups in total. The van der Waals surface area contributed by atoms with Crippen molar-refractivity contribution in [3.8, 4) is 11.4 Å². The Morgan fingerprint density at radius 2 is 1.70 bits per heavy atom. The van der Waals surface area contributed by atoms with Crippen molar-refractivity contribution in [3.05, 3.63) is 72.1 Å². The zero-order chi connectivity index (χ0) is 20.9. The number of rotatable bonds is 6. The molecule has 2 aromatic carbocycles. The van der Waals surface area contributed by atoms with Gasteiger partial charge in [0.25, 0.3) is 5.91 Å². The van der Waals surface area contributed by atoms with Crippen molar-refractivity contribution in [1.29, 1.82) is 0 Å². The highest BCUT2D eigenvalue weighted by molar-refractivity contribution is 5.92. The van der Waals surface area contributed by atoms with Gasteiger partial charge in [-0.15, -0.1) is 0 Å². The third-order valence-electron chi connectivity index (χ3n) is 5.22. The summed E-state index contributed by atoms with van der Waals surface area (Å²) in [7, 11) is 3.43. The third kappa shape index (κ3) is 4.46. The lowest BCUT2D eigenvalue weighted by Gasteiger charge is -2.29. The maximum absolute atomic E-state index is 12.8. The molecule has 0 aliphatic carbocycles. The maximum atomic E-state index is 12.8. The number of morpholine rings is 1. The molecule has 0 unspecified atom stereocenters. The minimum atomic E-state index is -0.112. The van der Waals surface area contributed by atoms with Gasteiger partial charge in [-0.2, -0.15) is 5.10 Å². The molecule has 0 bridgehead atoms. The summed E-state index contributed by atoms with van der Waals surface area (Å²) in [6, 6.07) is 17.6. The number of hydrogen-bond acceptors (Lipinski definition) is 5. The summed E-state index contributed by atoms with van der Waals surface area (Å²) in [4.78, 5) is 16.8. The average Bonchev–Trinajstić information content (AvgIpc) is 3.30. The molecular formula is C23H26N4O3. The van der Waals surface area contributed by atoms with E-state index in [-0.39, 0.29) is 5.91 Å². The minimum absolute atomic E-state index is 0.112. The lowest BCUT2D eigenvalue weighted by Crippen LogP contribution is -2.36. The van der Waals surface area contributed by atoms with Gasteiger partial charge >= 0.3 is 0 Å². The van der Waals surface area contributed by atoms with Crippen LogP contribution in [0.25, 0.3) is 5.69 Å². The number of ether oxygens (including phenoxy) is 2. The predicted octanol–water partition coefficient (Wildman–Crippen LogP) is 2.99. The van der Waals surface area contributed by atoms with Crippen molar-refractivity contribution in [2.45, 2.75) is 6.54 Å². The fourth-order valence-electron chi connectivity index (χ4n) is 3.49. The molecule has 3 aromatic rings. The smallest absolute Gasteiger partial charge is 0.274 e. The fraction of sp³-hybridized carbons (Fsp3) is 0.304. The van der Waals surface area contributed by atoms with E-state index in [0.29, 0.717) is 12.2 Å². The van der Waals surface area contributed by atoms with E-state index < -0.39 is 0 Å². The van der Waals surface area contributed by atoms with Crippen LogP contribution in [0.15, 0.2) is 60.8 Å². The molecule has 156 valence electrons. The molecule has 7 nitrogen and oxygen atoms in total. The van der Waals surface area contributed by atoms with E-state index >= 15 is 0 Å². The first-order valence-corrected chi connectivity index (χ1v) is 10.0. The summed E-state index contributed by atoms with van der Waals surface area (Å²) in [6.07, 6.45) is 1.79. The SMILES string of the molecule is COc1ccc(-n2ccc(C(=O)N(C)Cc3ccc(N4CCOCC4)cc3)n2)cc1.